The first-order valence-corrected chi connectivity index (χ1v) is 5.42. The number of aromatic nitrogens is 2. The fourth-order valence-electron chi connectivity index (χ4n) is 2.01. The van der Waals surface area contributed by atoms with Gasteiger partial charge in [0.25, 0.3) is 5.69 Å². The Balaban J connectivity index is 2.30. The van der Waals surface area contributed by atoms with Gasteiger partial charge in [0.2, 0.25) is 0 Å². The van der Waals surface area contributed by atoms with E-state index in [-0.39, 0.29) is 10.6 Å². The van der Waals surface area contributed by atoms with Crippen molar-refractivity contribution in [1.82, 2.24) is 9.55 Å². The molecule has 88 valence electrons. The van der Waals surface area contributed by atoms with E-state index >= 15 is 0 Å². The molecule has 0 bridgehead atoms. The quantitative estimate of drug-likeness (QED) is 0.510. The van der Waals surface area contributed by atoms with E-state index < -0.39 is 0 Å². The summed E-state index contributed by atoms with van der Waals surface area (Å²) in [4.78, 5) is 14.7. The van der Waals surface area contributed by atoms with Crippen molar-refractivity contribution in [3.05, 3.63) is 65.1 Å². The van der Waals surface area contributed by atoms with Crippen molar-refractivity contribution >= 4 is 16.6 Å². The summed E-state index contributed by atoms with van der Waals surface area (Å²) in [5, 5.41) is 12.0. The topological polar surface area (TPSA) is 61.0 Å². The zero-order chi connectivity index (χ0) is 12.5. The second kappa shape index (κ2) is 3.96. The highest BCUT2D eigenvalue weighted by Gasteiger charge is 2.15. The first-order chi connectivity index (χ1) is 8.77. The van der Waals surface area contributed by atoms with Crippen molar-refractivity contribution in [1.29, 1.82) is 0 Å². The maximum absolute atomic E-state index is 11.0. The van der Waals surface area contributed by atoms with E-state index in [2.05, 4.69) is 4.98 Å². The highest BCUT2D eigenvalue weighted by atomic mass is 16.6. The first-order valence-electron chi connectivity index (χ1n) is 5.42. The number of hydrogen-bond donors (Lipinski definition) is 0. The van der Waals surface area contributed by atoms with Crippen LogP contribution < -0.4 is 0 Å². The van der Waals surface area contributed by atoms with Crippen molar-refractivity contribution in [3.8, 4) is 5.69 Å². The van der Waals surface area contributed by atoms with Crippen LogP contribution >= 0.6 is 0 Å². The molecule has 2 heterocycles. The van der Waals surface area contributed by atoms with E-state index in [1.165, 1.54) is 6.07 Å². The highest BCUT2D eigenvalue weighted by molar-refractivity contribution is 5.81. The number of benzene rings is 1. The molecule has 5 nitrogen and oxygen atoms in total. The van der Waals surface area contributed by atoms with Crippen LogP contribution in [-0.4, -0.2) is 14.5 Å². The minimum Gasteiger partial charge on any atom is -0.311 e. The fraction of sp³-hybridized carbons (Fsp3) is 0. The molecule has 0 aliphatic rings. The summed E-state index contributed by atoms with van der Waals surface area (Å²) < 4.78 is 1.80. The first kappa shape index (κ1) is 10.5. The molecule has 0 saturated carbocycles. The summed E-state index contributed by atoms with van der Waals surface area (Å²) in [5.74, 6) is 0. The Morgan fingerprint density at radius 1 is 1.17 bits per heavy atom. The molecular weight excluding hydrogens is 230 g/mol. The van der Waals surface area contributed by atoms with Crippen molar-refractivity contribution in [2.75, 3.05) is 0 Å². The minimum absolute atomic E-state index is 0.0896. The van der Waals surface area contributed by atoms with Crippen LogP contribution in [0.25, 0.3) is 16.6 Å². The van der Waals surface area contributed by atoms with Crippen molar-refractivity contribution in [2.24, 2.45) is 0 Å². The van der Waals surface area contributed by atoms with Gasteiger partial charge in [-0.15, -0.1) is 0 Å². The van der Waals surface area contributed by atoms with Crippen LogP contribution in [0.3, 0.4) is 0 Å². The summed E-state index contributed by atoms with van der Waals surface area (Å²) in [5.41, 5.74) is 1.55. The van der Waals surface area contributed by atoms with Crippen molar-refractivity contribution in [3.63, 3.8) is 0 Å². The second-order valence-electron chi connectivity index (χ2n) is 3.87. The van der Waals surface area contributed by atoms with Crippen LogP contribution in [0.1, 0.15) is 0 Å². The number of nitro groups is 1. The fourth-order valence-corrected chi connectivity index (χ4v) is 2.01. The minimum atomic E-state index is -0.373. The zero-order valence-corrected chi connectivity index (χ0v) is 9.35. The number of rotatable bonds is 2. The average molecular weight is 239 g/mol. The third kappa shape index (κ3) is 1.53. The number of pyridine rings is 1. The molecule has 0 amide bonds. The number of nitro benzene ring substituents is 1. The van der Waals surface area contributed by atoms with Crippen molar-refractivity contribution < 1.29 is 4.92 Å². The number of hydrogen-bond acceptors (Lipinski definition) is 3. The van der Waals surface area contributed by atoms with Gasteiger partial charge >= 0.3 is 0 Å². The van der Waals surface area contributed by atoms with E-state index in [0.29, 0.717) is 5.69 Å². The number of fused-ring (bicyclic) bond motifs is 1. The summed E-state index contributed by atoms with van der Waals surface area (Å²) in [7, 11) is 0. The third-order valence-electron chi connectivity index (χ3n) is 2.83. The maximum atomic E-state index is 11.0. The summed E-state index contributed by atoms with van der Waals surface area (Å²) in [6.07, 6.45) is 5.23. The van der Waals surface area contributed by atoms with Crippen LogP contribution in [0, 0.1) is 10.1 Å². The average Bonchev–Trinajstić information content (AvgIpc) is 2.82. The molecule has 2 aromatic heterocycles. The Labute approximate surface area is 102 Å². The van der Waals surface area contributed by atoms with Gasteiger partial charge in [-0.1, -0.05) is 12.1 Å². The normalized spacial score (nSPS) is 10.7. The molecule has 5 heteroatoms. The molecule has 0 aliphatic carbocycles. The SMILES string of the molecule is O=[N+]([O-])c1ccccc1-n1ccc2cnccc21. The summed E-state index contributed by atoms with van der Waals surface area (Å²) in [6.45, 7) is 0. The predicted molar refractivity (Wildman–Crippen MR) is 67.7 cm³/mol. The van der Waals surface area contributed by atoms with Crippen LogP contribution in [0.15, 0.2) is 55.0 Å². The molecule has 0 atom stereocenters. The molecule has 0 unspecified atom stereocenters. The van der Waals surface area contributed by atoms with Gasteiger partial charge in [0.15, 0.2) is 0 Å². The van der Waals surface area contributed by atoms with Crippen LogP contribution in [0.2, 0.25) is 0 Å². The van der Waals surface area contributed by atoms with Gasteiger partial charge in [0.05, 0.1) is 10.4 Å². The molecule has 0 N–H and O–H groups in total. The lowest BCUT2D eigenvalue weighted by molar-refractivity contribution is -0.384. The Morgan fingerprint density at radius 2 is 2.00 bits per heavy atom. The molecule has 1 aromatic carbocycles. The maximum Gasteiger partial charge on any atom is 0.293 e. The van der Waals surface area contributed by atoms with E-state index in [0.717, 1.165) is 10.9 Å². The Kier molecular flexibility index (Phi) is 2.30. The lowest BCUT2D eigenvalue weighted by atomic mass is 10.2. The molecule has 18 heavy (non-hydrogen) atoms. The molecular formula is C13H9N3O2. The van der Waals surface area contributed by atoms with E-state index in [9.17, 15) is 10.1 Å². The number of para-hydroxylation sites is 2. The third-order valence-corrected chi connectivity index (χ3v) is 2.83. The number of nitrogens with zero attached hydrogens (tertiary/aromatic N) is 3. The van der Waals surface area contributed by atoms with Gasteiger partial charge < -0.3 is 4.57 Å². The smallest absolute Gasteiger partial charge is 0.293 e. The predicted octanol–water partition coefficient (Wildman–Crippen LogP) is 2.93. The van der Waals surface area contributed by atoms with Gasteiger partial charge in [0, 0.05) is 30.0 Å². The molecule has 0 aliphatic heterocycles. The van der Waals surface area contributed by atoms with Gasteiger partial charge in [-0.2, -0.15) is 0 Å². The molecule has 0 saturated heterocycles. The van der Waals surface area contributed by atoms with Crippen LogP contribution in [0.4, 0.5) is 5.69 Å². The summed E-state index contributed by atoms with van der Waals surface area (Å²) in [6, 6.07) is 10.4. The monoisotopic (exact) mass is 239 g/mol. The summed E-state index contributed by atoms with van der Waals surface area (Å²) >= 11 is 0. The largest absolute Gasteiger partial charge is 0.311 e. The molecule has 3 aromatic rings. The molecule has 0 fully saturated rings. The van der Waals surface area contributed by atoms with Gasteiger partial charge in [-0.05, 0) is 18.2 Å². The van der Waals surface area contributed by atoms with Crippen LogP contribution in [0.5, 0.6) is 0 Å². The van der Waals surface area contributed by atoms with Crippen molar-refractivity contribution in [2.45, 2.75) is 0 Å². The Morgan fingerprint density at radius 3 is 2.83 bits per heavy atom. The molecule has 3 rings (SSSR count). The van der Waals surface area contributed by atoms with E-state index in [4.69, 9.17) is 0 Å². The Bertz CT molecular complexity index is 734. The van der Waals surface area contributed by atoms with Gasteiger partial charge in [-0.25, -0.2) is 0 Å². The molecule has 0 radical (unpaired) electrons. The second-order valence-corrected chi connectivity index (χ2v) is 3.87. The van der Waals surface area contributed by atoms with Crippen LogP contribution in [-0.2, 0) is 0 Å². The highest BCUT2D eigenvalue weighted by Crippen LogP contribution is 2.26. The van der Waals surface area contributed by atoms with E-state index in [1.54, 1.807) is 35.2 Å². The zero-order valence-electron chi connectivity index (χ0n) is 9.35. The Hall–Kier alpha value is -2.69. The van der Waals surface area contributed by atoms with E-state index in [1.807, 2.05) is 18.3 Å². The van der Waals surface area contributed by atoms with Gasteiger partial charge in [-0.3, -0.25) is 15.1 Å². The lowest BCUT2D eigenvalue weighted by Gasteiger charge is -2.05. The standard InChI is InChI=1S/C13H9N3O2/c17-16(18)13-4-2-1-3-12(13)15-8-6-10-9-14-7-5-11(10)15/h1-9H. The van der Waals surface area contributed by atoms with Gasteiger partial charge in [0.1, 0.15) is 5.69 Å². The molecule has 0 spiro atoms. The lowest BCUT2D eigenvalue weighted by Crippen LogP contribution is -1.98.